The van der Waals surface area contributed by atoms with E-state index in [-0.39, 0.29) is 12.6 Å². The van der Waals surface area contributed by atoms with Gasteiger partial charge in [0, 0.05) is 7.11 Å². The van der Waals surface area contributed by atoms with E-state index >= 15 is 0 Å². The Hall–Kier alpha value is -1.99. The fourth-order valence-corrected chi connectivity index (χ4v) is 2.24. The van der Waals surface area contributed by atoms with Crippen molar-refractivity contribution in [2.24, 2.45) is 0 Å². The molecule has 19 heavy (non-hydrogen) atoms. The predicted octanol–water partition coefficient (Wildman–Crippen LogP) is 0.271. The van der Waals surface area contributed by atoms with Crippen molar-refractivity contribution < 1.29 is 10.2 Å². The van der Waals surface area contributed by atoms with E-state index in [1.807, 2.05) is 4.57 Å². The zero-order valence-corrected chi connectivity index (χ0v) is 10.7. The molecule has 0 saturated heterocycles. The lowest BCUT2D eigenvalue weighted by Crippen LogP contribution is -2.03. The first-order valence-electron chi connectivity index (χ1n) is 5.97. The minimum atomic E-state index is 0.125. The molecule has 0 radical (unpaired) electrons. The van der Waals surface area contributed by atoms with Crippen LogP contribution in [-0.4, -0.2) is 43.4 Å². The number of allylic oxidation sites excluding steroid dienone is 1. The molecule has 3 rings (SSSR count). The molecule has 0 fully saturated rings. The Morgan fingerprint density at radius 1 is 1.37 bits per heavy atom. The van der Waals surface area contributed by atoms with Gasteiger partial charge in [-0.05, 0) is 18.4 Å². The van der Waals surface area contributed by atoms with Gasteiger partial charge >= 0.3 is 0 Å². The van der Waals surface area contributed by atoms with E-state index in [9.17, 15) is 0 Å². The average molecular weight is 263 g/mol. The maximum atomic E-state index is 9.10. The highest BCUT2D eigenvalue weighted by atomic mass is 16.3. The summed E-state index contributed by atoms with van der Waals surface area (Å²) in [6.07, 6.45) is 7.13. The molecule has 7 nitrogen and oxygen atoms in total. The van der Waals surface area contributed by atoms with Crippen LogP contribution in [0.1, 0.15) is 18.9 Å². The van der Waals surface area contributed by atoms with Crippen LogP contribution in [0, 0.1) is 0 Å². The maximum Gasteiger partial charge on any atom is 0.165 e. The normalized spacial score (nSPS) is 18.1. The van der Waals surface area contributed by atoms with Crippen molar-refractivity contribution in [2.45, 2.75) is 18.9 Å². The summed E-state index contributed by atoms with van der Waals surface area (Å²) in [6.45, 7) is 0.125. The molecule has 0 saturated carbocycles. The number of nitrogen functional groups attached to an aromatic ring is 1. The van der Waals surface area contributed by atoms with E-state index in [0.717, 1.165) is 31.2 Å². The summed E-state index contributed by atoms with van der Waals surface area (Å²) in [5.41, 5.74) is 8.19. The van der Waals surface area contributed by atoms with Crippen LogP contribution in [0.3, 0.4) is 0 Å². The lowest BCUT2D eigenvalue weighted by molar-refractivity contribution is 0.328. The lowest BCUT2D eigenvalue weighted by atomic mass is 10.2. The summed E-state index contributed by atoms with van der Waals surface area (Å²) in [4.78, 5) is 12.4. The van der Waals surface area contributed by atoms with Crippen LogP contribution in [0.5, 0.6) is 0 Å². The summed E-state index contributed by atoms with van der Waals surface area (Å²) < 4.78 is 1.98. The van der Waals surface area contributed by atoms with Gasteiger partial charge in [0.15, 0.2) is 11.5 Å². The van der Waals surface area contributed by atoms with Crippen LogP contribution in [0.25, 0.3) is 11.2 Å². The number of hydrogen-bond acceptors (Lipinski definition) is 6. The van der Waals surface area contributed by atoms with Gasteiger partial charge in [-0.2, -0.15) is 0 Å². The smallest absolute Gasteiger partial charge is 0.165 e. The fraction of sp³-hybridized carbons (Fsp3) is 0.417. The SMILES string of the molecule is CO.Nc1ncnc2c1ncn2C1C=C(CO)CC1. The highest BCUT2D eigenvalue weighted by Crippen LogP contribution is 2.30. The number of aliphatic hydroxyl groups excluding tert-OH is 2. The van der Waals surface area contributed by atoms with Gasteiger partial charge in [0.2, 0.25) is 0 Å². The Balaban J connectivity index is 0.000000637. The summed E-state index contributed by atoms with van der Waals surface area (Å²) in [7, 11) is 1.00. The minimum Gasteiger partial charge on any atom is -0.400 e. The number of nitrogens with two attached hydrogens (primary N) is 1. The van der Waals surface area contributed by atoms with Crippen molar-refractivity contribution in [1.29, 1.82) is 0 Å². The third-order valence-corrected chi connectivity index (χ3v) is 3.14. The summed E-state index contributed by atoms with van der Waals surface area (Å²) in [5, 5.41) is 16.1. The number of hydrogen-bond donors (Lipinski definition) is 3. The largest absolute Gasteiger partial charge is 0.400 e. The summed E-state index contributed by atoms with van der Waals surface area (Å²) in [6, 6.07) is 0.205. The quantitative estimate of drug-likeness (QED) is 0.671. The van der Waals surface area contributed by atoms with Crippen LogP contribution in [0.15, 0.2) is 24.3 Å². The van der Waals surface area contributed by atoms with Gasteiger partial charge in [0.05, 0.1) is 19.0 Å². The number of imidazole rings is 1. The number of aliphatic hydroxyl groups is 2. The molecule has 102 valence electrons. The van der Waals surface area contributed by atoms with E-state index in [0.29, 0.717) is 11.3 Å². The van der Waals surface area contributed by atoms with Gasteiger partial charge in [0.25, 0.3) is 0 Å². The van der Waals surface area contributed by atoms with Crippen molar-refractivity contribution in [1.82, 2.24) is 19.5 Å². The first-order chi connectivity index (χ1) is 9.29. The van der Waals surface area contributed by atoms with Crippen molar-refractivity contribution in [3.8, 4) is 0 Å². The highest BCUT2D eigenvalue weighted by Gasteiger charge is 2.19. The van der Waals surface area contributed by atoms with Gasteiger partial charge in [0.1, 0.15) is 11.8 Å². The zero-order valence-electron chi connectivity index (χ0n) is 10.7. The van der Waals surface area contributed by atoms with Crippen molar-refractivity contribution in [3.63, 3.8) is 0 Å². The molecule has 0 aliphatic heterocycles. The standard InChI is InChI=1S/C11H13N5O.CH4O/c12-10-9-11(14-5-13-10)16(6-15-9)8-2-1-7(3-8)4-17;1-2/h3,5-6,8,17H,1-2,4H2,(H2,12,13,14);2H,1H3. The molecule has 2 aromatic rings. The van der Waals surface area contributed by atoms with Crippen LogP contribution < -0.4 is 5.73 Å². The Bertz CT molecular complexity index is 593. The van der Waals surface area contributed by atoms with Crippen molar-refractivity contribution >= 4 is 17.0 Å². The fourth-order valence-electron chi connectivity index (χ4n) is 2.24. The van der Waals surface area contributed by atoms with Gasteiger partial charge in [-0.3, -0.25) is 0 Å². The second-order valence-corrected chi connectivity index (χ2v) is 4.17. The molecule has 1 unspecified atom stereocenters. The van der Waals surface area contributed by atoms with Crippen LogP contribution in [0.4, 0.5) is 5.82 Å². The van der Waals surface area contributed by atoms with Crippen LogP contribution >= 0.6 is 0 Å². The van der Waals surface area contributed by atoms with Gasteiger partial charge in [-0.1, -0.05) is 6.08 Å². The molecule has 0 aromatic carbocycles. The van der Waals surface area contributed by atoms with E-state index in [2.05, 4.69) is 21.0 Å². The minimum absolute atomic E-state index is 0.125. The van der Waals surface area contributed by atoms with Gasteiger partial charge in [-0.15, -0.1) is 0 Å². The van der Waals surface area contributed by atoms with E-state index in [4.69, 9.17) is 15.9 Å². The van der Waals surface area contributed by atoms with E-state index in [1.165, 1.54) is 6.33 Å². The molecule has 1 aliphatic carbocycles. The Kier molecular flexibility index (Phi) is 4.08. The molecule has 4 N–H and O–H groups in total. The van der Waals surface area contributed by atoms with Gasteiger partial charge < -0.3 is 20.5 Å². The highest BCUT2D eigenvalue weighted by molar-refractivity contribution is 5.81. The predicted molar refractivity (Wildman–Crippen MR) is 71.3 cm³/mol. The Morgan fingerprint density at radius 3 is 2.84 bits per heavy atom. The van der Waals surface area contributed by atoms with Crippen LogP contribution in [0.2, 0.25) is 0 Å². The van der Waals surface area contributed by atoms with E-state index < -0.39 is 0 Å². The molecule has 1 atom stereocenters. The zero-order chi connectivity index (χ0) is 13.8. The molecule has 0 amide bonds. The molecule has 7 heteroatoms. The molecule has 2 aromatic heterocycles. The molecule has 2 heterocycles. The Morgan fingerprint density at radius 2 is 2.16 bits per heavy atom. The van der Waals surface area contributed by atoms with Crippen molar-refractivity contribution in [2.75, 3.05) is 19.5 Å². The second kappa shape index (κ2) is 5.77. The molecule has 1 aliphatic rings. The van der Waals surface area contributed by atoms with E-state index in [1.54, 1.807) is 6.33 Å². The van der Waals surface area contributed by atoms with Crippen molar-refractivity contribution in [3.05, 3.63) is 24.3 Å². The molecule has 0 spiro atoms. The number of anilines is 1. The van der Waals surface area contributed by atoms with Crippen LogP contribution in [-0.2, 0) is 0 Å². The number of rotatable bonds is 2. The monoisotopic (exact) mass is 263 g/mol. The third-order valence-electron chi connectivity index (χ3n) is 3.14. The number of fused-ring (bicyclic) bond motifs is 1. The topological polar surface area (TPSA) is 110 Å². The summed E-state index contributed by atoms with van der Waals surface area (Å²) in [5.74, 6) is 0.401. The lowest BCUT2D eigenvalue weighted by Gasteiger charge is -2.09. The van der Waals surface area contributed by atoms with Gasteiger partial charge in [-0.25, -0.2) is 15.0 Å². The molecular formula is C12H17N5O2. The number of aromatic nitrogens is 4. The summed E-state index contributed by atoms with van der Waals surface area (Å²) >= 11 is 0. The third kappa shape index (κ3) is 2.42. The average Bonchev–Trinajstić information content (AvgIpc) is 3.07. The first kappa shape index (κ1) is 13.4. The second-order valence-electron chi connectivity index (χ2n) is 4.17. The Labute approximate surface area is 110 Å². The molecule has 0 bridgehead atoms. The maximum absolute atomic E-state index is 9.10. The molecular weight excluding hydrogens is 246 g/mol. The first-order valence-corrected chi connectivity index (χ1v) is 5.97. The number of nitrogens with zero attached hydrogens (tertiary/aromatic N) is 4.